The Hall–Kier alpha value is -1.90. The summed E-state index contributed by atoms with van der Waals surface area (Å²) in [5.41, 5.74) is 3.56. The van der Waals surface area contributed by atoms with Crippen LogP contribution in [0.1, 0.15) is 22.7 Å². The largest absolute Gasteiger partial charge is 0.309 e. The number of rotatable bonds is 3. The van der Waals surface area contributed by atoms with Crippen molar-refractivity contribution in [3.63, 3.8) is 0 Å². The first kappa shape index (κ1) is 14.1. The summed E-state index contributed by atoms with van der Waals surface area (Å²) >= 11 is 6.28. The van der Waals surface area contributed by atoms with Crippen molar-refractivity contribution in [1.29, 1.82) is 0 Å². The quantitative estimate of drug-likeness (QED) is 0.769. The molecule has 1 aromatic heterocycles. The summed E-state index contributed by atoms with van der Waals surface area (Å²) in [5.74, 6) is 0. The Bertz CT molecular complexity index is 778. The average molecular weight is 297 g/mol. The molecule has 0 spiro atoms. The van der Waals surface area contributed by atoms with Gasteiger partial charge in [0.15, 0.2) is 0 Å². The first-order valence-corrected chi connectivity index (χ1v) is 7.35. The third kappa shape index (κ3) is 2.53. The first-order chi connectivity index (χ1) is 10.2. The molecule has 0 aliphatic rings. The number of fused-ring (bicyclic) bond motifs is 1. The zero-order valence-electron chi connectivity index (χ0n) is 12.1. The normalized spacial score (nSPS) is 12.5. The van der Waals surface area contributed by atoms with Gasteiger partial charge in [-0.15, -0.1) is 0 Å². The lowest BCUT2D eigenvalue weighted by Gasteiger charge is -2.21. The lowest BCUT2D eigenvalue weighted by atomic mass is 9.92. The molecule has 0 saturated carbocycles. The summed E-state index contributed by atoms with van der Waals surface area (Å²) in [7, 11) is 1.98. The molecule has 0 fully saturated rings. The van der Waals surface area contributed by atoms with Crippen molar-refractivity contribution < 1.29 is 0 Å². The van der Waals surface area contributed by atoms with E-state index in [0.29, 0.717) is 0 Å². The summed E-state index contributed by atoms with van der Waals surface area (Å²) in [4.78, 5) is 4.20. The summed E-state index contributed by atoms with van der Waals surface area (Å²) in [6.07, 6.45) is 3.74. The molecule has 0 bridgehead atoms. The van der Waals surface area contributed by atoms with Crippen LogP contribution in [0.4, 0.5) is 0 Å². The van der Waals surface area contributed by atoms with Crippen LogP contribution in [-0.2, 0) is 0 Å². The second-order valence-electron chi connectivity index (χ2n) is 5.12. The van der Waals surface area contributed by atoms with Gasteiger partial charge >= 0.3 is 0 Å². The second kappa shape index (κ2) is 5.84. The van der Waals surface area contributed by atoms with Gasteiger partial charge in [-0.2, -0.15) is 0 Å². The molecule has 21 heavy (non-hydrogen) atoms. The molecule has 0 radical (unpaired) electrons. The molecular weight excluding hydrogens is 280 g/mol. The van der Waals surface area contributed by atoms with Crippen LogP contribution < -0.4 is 5.32 Å². The SMILES string of the molecule is CNC(c1cccc(Cl)c1C)c1cccc2cnccc12. The highest BCUT2D eigenvalue weighted by atomic mass is 35.5. The summed E-state index contributed by atoms with van der Waals surface area (Å²) in [6, 6.07) is 14.5. The van der Waals surface area contributed by atoms with Crippen molar-refractivity contribution in [1.82, 2.24) is 10.3 Å². The standard InChI is InChI=1S/C18H17ClN2/c1-12-14(6-4-8-17(12)19)18(20-2)16-7-3-5-13-11-21-10-9-15(13)16/h3-11,18,20H,1-2H3. The van der Waals surface area contributed by atoms with E-state index in [-0.39, 0.29) is 6.04 Å². The molecule has 0 aliphatic heterocycles. The number of benzene rings is 2. The van der Waals surface area contributed by atoms with E-state index in [1.54, 1.807) is 0 Å². The molecule has 3 heteroatoms. The minimum atomic E-state index is 0.106. The topological polar surface area (TPSA) is 24.9 Å². The Morgan fingerprint density at radius 1 is 1.05 bits per heavy atom. The van der Waals surface area contributed by atoms with Crippen LogP contribution in [0.3, 0.4) is 0 Å². The third-order valence-electron chi connectivity index (χ3n) is 3.93. The van der Waals surface area contributed by atoms with Crippen molar-refractivity contribution in [2.75, 3.05) is 7.05 Å². The van der Waals surface area contributed by atoms with Gasteiger partial charge in [-0.05, 0) is 48.2 Å². The van der Waals surface area contributed by atoms with Gasteiger partial charge in [0, 0.05) is 22.8 Å². The van der Waals surface area contributed by atoms with Gasteiger partial charge in [-0.1, -0.05) is 41.9 Å². The monoisotopic (exact) mass is 296 g/mol. The number of aromatic nitrogens is 1. The fraction of sp³-hybridized carbons (Fsp3) is 0.167. The van der Waals surface area contributed by atoms with E-state index in [2.05, 4.69) is 47.6 Å². The van der Waals surface area contributed by atoms with Crippen molar-refractivity contribution in [2.45, 2.75) is 13.0 Å². The van der Waals surface area contributed by atoms with Crippen molar-refractivity contribution in [2.24, 2.45) is 0 Å². The molecule has 3 rings (SSSR count). The van der Waals surface area contributed by atoms with E-state index in [1.807, 2.05) is 31.6 Å². The Morgan fingerprint density at radius 3 is 2.62 bits per heavy atom. The van der Waals surface area contributed by atoms with Crippen molar-refractivity contribution in [3.05, 3.63) is 76.6 Å². The van der Waals surface area contributed by atoms with E-state index >= 15 is 0 Å². The molecule has 106 valence electrons. The molecule has 1 unspecified atom stereocenters. The lowest BCUT2D eigenvalue weighted by Crippen LogP contribution is -2.19. The van der Waals surface area contributed by atoms with Crippen LogP contribution >= 0.6 is 11.6 Å². The minimum Gasteiger partial charge on any atom is -0.309 e. The second-order valence-corrected chi connectivity index (χ2v) is 5.53. The van der Waals surface area contributed by atoms with E-state index in [1.165, 1.54) is 16.5 Å². The van der Waals surface area contributed by atoms with E-state index < -0.39 is 0 Å². The molecule has 1 N–H and O–H groups in total. The van der Waals surface area contributed by atoms with Crippen LogP contribution in [0.2, 0.25) is 5.02 Å². The molecule has 0 aliphatic carbocycles. The van der Waals surface area contributed by atoms with Gasteiger partial charge in [-0.3, -0.25) is 4.98 Å². The van der Waals surface area contributed by atoms with Gasteiger partial charge in [0.05, 0.1) is 6.04 Å². The van der Waals surface area contributed by atoms with Gasteiger partial charge in [0.2, 0.25) is 0 Å². The zero-order valence-corrected chi connectivity index (χ0v) is 12.9. The van der Waals surface area contributed by atoms with Crippen LogP contribution in [0.15, 0.2) is 54.9 Å². The van der Waals surface area contributed by atoms with Crippen LogP contribution in [-0.4, -0.2) is 12.0 Å². The van der Waals surface area contributed by atoms with Gasteiger partial charge in [-0.25, -0.2) is 0 Å². The number of hydrogen-bond acceptors (Lipinski definition) is 2. The Morgan fingerprint density at radius 2 is 1.81 bits per heavy atom. The first-order valence-electron chi connectivity index (χ1n) is 6.97. The van der Waals surface area contributed by atoms with E-state index in [9.17, 15) is 0 Å². The third-order valence-corrected chi connectivity index (χ3v) is 4.34. The Kier molecular flexibility index (Phi) is 3.91. The fourth-order valence-electron chi connectivity index (χ4n) is 2.81. The van der Waals surface area contributed by atoms with Gasteiger partial charge in [0.25, 0.3) is 0 Å². The smallest absolute Gasteiger partial charge is 0.0583 e. The zero-order chi connectivity index (χ0) is 14.8. The van der Waals surface area contributed by atoms with E-state index in [4.69, 9.17) is 11.6 Å². The van der Waals surface area contributed by atoms with Crippen molar-refractivity contribution in [3.8, 4) is 0 Å². The maximum atomic E-state index is 6.28. The number of nitrogens with zero attached hydrogens (tertiary/aromatic N) is 1. The molecule has 1 atom stereocenters. The van der Waals surface area contributed by atoms with Crippen LogP contribution in [0.25, 0.3) is 10.8 Å². The van der Waals surface area contributed by atoms with Gasteiger partial charge < -0.3 is 5.32 Å². The maximum absolute atomic E-state index is 6.28. The fourth-order valence-corrected chi connectivity index (χ4v) is 3.00. The highest BCUT2D eigenvalue weighted by Gasteiger charge is 2.17. The molecule has 2 aromatic carbocycles. The number of nitrogens with one attached hydrogen (secondary N) is 1. The minimum absolute atomic E-state index is 0.106. The van der Waals surface area contributed by atoms with Gasteiger partial charge in [0.1, 0.15) is 0 Å². The van der Waals surface area contributed by atoms with Crippen LogP contribution in [0, 0.1) is 6.92 Å². The highest BCUT2D eigenvalue weighted by Crippen LogP contribution is 2.32. The Balaban J connectivity index is 2.21. The average Bonchev–Trinajstić information content (AvgIpc) is 2.52. The summed E-state index contributed by atoms with van der Waals surface area (Å²) in [5, 5.41) is 6.58. The van der Waals surface area contributed by atoms with Crippen LogP contribution in [0.5, 0.6) is 0 Å². The molecule has 2 nitrogen and oxygen atoms in total. The predicted octanol–water partition coefficient (Wildman–Crippen LogP) is 4.51. The summed E-state index contributed by atoms with van der Waals surface area (Å²) in [6.45, 7) is 2.06. The summed E-state index contributed by atoms with van der Waals surface area (Å²) < 4.78 is 0. The lowest BCUT2D eigenvalue weighted by molar-refractivity contribution is 0.692. The number of hydrogen-bond donors (Lipinski definition) is 1. The molecular formula is C18H17ClN2. The Labute approximate surface area is 129 Å². The molecule has 0 saturated heterocycles. The highest BCUT2D eigenvalue weighted by molar-refractivity contribution is 6.31. The molecule has 3 aromatic rings. The predicted molar refractivity (Wildman–Crippen MR) is 88.8 cm³/mol. The number of halogens is 1. The molecule has 0 amide bonds. The van der Waals surface area contributed by atoms with E-state index in [0.717, 1.165) is 16.0 Å². The molecule has 1 heterocycles. The number of pyridine rings is 1. The maximum Gasteiger partial charge on any atom is 0.0583 e. The van der Waals surface area contributed by atoms with Crippen molar-refractivity contribution >= 4 is 22.4 Å².